The Morgan fingerprint density at radius 3 is 2.62 bits per heavy atom. The van der Waals surface area contributed by atoms with Gasteiger partial charge in [0, 0.05) is 32.2 Å². The SMILES string of the molecule is COc1ccc(CC2CNCCN2Cc2ccccc2)c(C)c1C. The Morgan fingerprint density at radius 1 is 1.08 bits per heavy atom. The van der Waals surface area contributed by atoms with Crippen molar-refractivity contribution in [3.05, 3.63) is 64.7 Å². The van der Waals surface area contributed by atoms with E-state index in [0.29, 0.717) is 6.04 Å². The molecule has 1 N–H and O–H groups in total. The fourth-order valence-corrected chi connectivity index (χ4v) is 3.58. The Hall–Kier alpha value is -1.84. The second-order valence-corrected chi connectivity index (χ2v) is 6.70. The largest absolute Gasteiger partial charge is 0.496 e. The van der Waals surface area contributed by atoms with Crippen LogP contribution in [0.4, 0.5) is 0 Å². The first kappa shape index (κ1) is 17.0. The number of benzene rings is 2. The average molecular weight is 324 g/mol. The molecule has 1 saturated heterocycles. The lowest BCUT2D eigenvalue weighted by atomic mass is 9.95. The van der Waals surface area contributed by atoms with Crippen molar-refractivity contribution in [3.8, 4) is 5.75 Å². The van der Waals surface area contributed by atoms with Crippen molar-refractivity contribution in [1.82, 2.24) is 10.2 Å². The fraction of sp³-hybridized carbons (Fsp3) is 0.429. The topological polar surface area (TPSA) is 24.5 Å². The summed E-state index contributed by atoms with van der Waals surface area (Å²) < 4.78 is 5.45. The van der Waals surface area contributed by atoms with Crippen LogP contribution in [-0.4, -0.2) is 37.7 Å². The molecular weight excluding hydrogens is 296 g/mol. The summed E-state index contributed by atoms with van der Waals surface area (Å²) >= 11 is 0. The van der Waals surface area contributed by atoms with Crippen molar-refractivity contribution >= 4 is 0 Å². The van der Waals surface area contributed by atoms with Crippen LogP contribution < -0.4 is 10.1 Å². The van der Waals surface area contributed by atoms with Crippen LogP contribution in [0.2, 0.25) is 0 Å². The standard InChI is InChI=1S/C21H28N2O/c1-16-17(2)21(24-3)10-9-19(16)13-20-14-22-11-12-23(20)15-18-7-5-4-6-8-18/h4-10,20,22H,11-15H2,1-3H3. The van der Waals surface area contributed by atoms with E-state index < -0.39 is 0 Å². The van der Waals surface area contributed by atoms with Gasteiger partial charge in [-0.25, -0.2) is 0 Å². The van der Waals surface area contributed by atoms with Gasteiger partial charge < -0.3 is 10.1 Å². The number of rotatable bonds is 5. The maximum absolute atomic E-state index is 5.45. The minimum Gasteiger partial charge on any atom is -0.496 e. The Balaban J connectivity index is 1.75. The third kappa shape index (κ3) is 3.80. The molecule has 1 unspecified atom stereocenters. The number of nitrogens with zero attached hydrogens (tertiary/aromatic N) is 1. The summed E-state index contributed by atoms with van der Waals surface area (Å²) in [5, 5.41) is 3.56. The molecule has 0 aliphatic carbocycles. The van der Waals surface area contributed by atoms with Gasteiger partial charge in [-0.3, -0.25) is 4.90 Å². The summed E-state index contributed by atoms with van der Waals surface area (Å²) in [6.45, 7) is 8.62. The van der Waals surface area contributed by atoms with Gasteiger partial charge in [0.1, 0.15) is 5.75 Å². The third-order valence-electron chi connectivity index (χ3n) is 5.23. The quantitative estimate of drug-likeness (QED) is 0.913. The van der Waals surface area contributed by atoms with E-state index in [1.54, 1.807) is 7.11 Å². The Morgan fingerprint density at radius 2 is 1.88 bits per heavy atom. The second kappa shape index (κ2) is 7.82. The lowest BCUT2D eigenvalue weighted by molar-refractivity contribution is 0.152. The maximum atomic E-state index is 5.45. The summed E-state index contributed by atoms with van der Waals surface area (Å²) in [4.78, 5) is 2.62. The molecule has 0 radical (unpaired) electrons. The fourth-order valence-electron chi connectivity index (χ4n) is 3.58. The molecule has 3 heteroatoms. The van der Waals surface area contributed by atoms with Gasteiger partial charge in [0.05, 0.1) is 7.11 Å². The van der Waals surface area contributed by atoms with Gasteiger partial charge in [-0.15, -0.1) is 0 Å². The highest BCUT2D eigenvalue weighted by Gasteiger charge is 2.23. The van der Waals surface area contributed by atoms with Crippen molar-refractivity contribution in [2.75, 3.05) is 26.7 Å². The van der Waals surface area contributed by atoms with Gasteiger partial charge >= 0.3 is 0 Å². The van der Waals surface area contributed by atoms with Gasteiger partial charge in [0.25, 0.3) is 0 Å². The summed E-state index contributed by atoms with van der Waals surface area (Å²) in [6, 6.07) is 15.7. The lowest BCUT2D eigenvalue weighted by Gasteiger charge is -2.36. The predicted molar refractivity (Wildman–Crippen MR) is 99.7 cm³/mol. The van der Waals surface area contributed by atoms with E-state index in [4.69, 9.17) is 4.74 Å². The molecule has 1 aliphatic heterocycles. The maximum Gasteiger partial charge on any atom is 0.122 e. The van der Waals surface area contributed by atoms with Crippen LogP contribution >= 0.6 is 0 Å². The van der Waals surface area contributed by atoms with E-state index >= 15 is 0 Å². The van der Waals surface area contributed by atoms with Crippen LogP contribution in [-0.2, 0) is 13.0 Å². The number of ether oxygens (including phenoxy) is 1. The zero-order valence-electron chi connectivity index (χ0n) is 15.0. The zero-order chi connectivity index (χ0) is 16.9. The number of methoxy groups -OCH3 is 1. The predicted octanol–water partition coefficient (Wildman–Crippen LogP) is 3.33. The molecule has 2 aromatic carbocycles. The summed E-state index contributed by atoms with van der Waals surface area (Å²) in [6.07, 6.45) is 1.08. The normalized spacial score (nSPS) is 18.5. The monoisotopic (exact) mass is 324 g/mol. The summed E-state index contributed by atoms with van der Waals surface area (Å²) in [5.74, 6) is 0.985. The number of piperazine rings is 1. The van der Waals surface area contributed by atoms with Crippen LogP contribution in [0.15, 0.2) is 42.5 Å². The summed E-state index contributed by atoms with van der Waals surface area (Å²) in [5.41, 5.74) is 5.44. The highest BCUT2D eigenvalue weighted by atomic mass is 16.5. The van der Waals surface area contributed by atoms with E-state index in [9.17, 15) is 0 Å². The van der Waals surface area contributed by atoms with Crippen LogP contribution in [0.5, 0.6) is 5.75 Å². The van der Waals surface area contributed by atoms with Crippen molar-refractivity contribution in [2.45, 2.75) is 32.9 Å². The first-order valence-electron chi connectivity index (χ1n) is 8.81. The minimum atomic E-state index is 0.533. The van der Waals surface area contributed by atoms with Crippen LogP contribution in [0.1, 0.15) is 22.3 Å². The van der Waals surface area contributed by atoms with Gasteiger partial charge in [0.15, 0.2) is 0 Å². The number of nitrogens with one attached hydrogen (secondary N) is 1. The minimum absolute atomic E-state index is 0.533. The molecule has 24 heavy (non-hydrogen) atoms. The molecule has 1 fully saturated rings. The lowest BCUT2D eigenvalue weighted by Crippen LogP contribution is -2.51. The Bertz CT molecular complexity index is 669. The van der Waals surface area contributed by atoms with Crippen LogP contribution in [0, 0.1) is 13.8 Å². The number of hydrogen-bond acceptors (Lipinski definition) is 3. The van der Waals surface area contributed by atoms with Crippen molar-refractivity contribution in [1.29, 1.82) is 0 Å². The molecular formula is C21H28N2O. The Labute approximate surface area is 145 Å². The molecule has 0 amide bonds. The molecule has 3 nitrogen and oxygen atoms in total. The summed E-state index contributed by atoms with van der Waals surface area (Å²) in [7, 11) is 1.74. The number of hydrogen-bond donors (Lipinski definition) is 1. The van der Waals surface area contributed by atoms with Crippen molar-refractivity contribution in [3.63, 3.8) is 0 Å². The molecule has 0 aromatic heterocycles. The van der Waals surface area contributed by atoms with Gasteiger partial charge in [-0.2, -0.15) is 0 Å². The van der Waals surface area contributed by atoms with Gasteiger partial charge in [-0.1, -0.05) is 36.4 Å². The van der Waals surface area contributed by atoms with E-state index in [1.165, 1.54) is 22.3 Å². The molecule has 2 aromatic rings. The Kier molecular flexibility index (Phi) is 5.54. The molecule has 0 saturated carbocycles. The van der Waals surface area contributed by atoms with E-state index in [1.807, 2.05) is 0 Å². The average Bonchev–Trinajstić information content (AvgIpc) is 2.62. The first-order chi connectivity index (χ1) is 11.7. The molecule has 1 atom stereocenters. The smallest absolute Gasteiger partial charge is 0.122 e. The molecule has 0 bridgehead atoms. The van der Waals surface area contributed by atoms with Gasteiger partial charge in [-0.05, 0) is 48.6 Å². The zero-order valence-corrected chi connectivity index (χ0v) is 15.0. The van der Waals surface area contributed by atoms with Gasteiger partial charge in [0.2, 0.25) is 0 Å². The van der Waals surface area contributed by atoms with E-state index in [-0.39, 0.29) is 0 Å². The molecule has 3 rings (SSSR count). The van der Waals surface area contributed by atoms with E-state index in [2.05, 4.69) is 66.5 Å². The van der Waals surface area contributed by atoms with Crippen LogP contribution in [0.25, 0.3) is 0 Å². The van der Waals surface area contributed by atoms with Crippen molar-refractivity contribution < 1.29 is 4.74 Å². The highest BCUT2D eigenvalue weighted by molar-refractivity contribution is 5.43. The first-order valence-corrected chi connectivity index (χ1v) is 8.81. The molecule has 1 heterocycles. The van der Waals surface area contributed by atoms with E-state index in [0.717, 1.165) is 38.3 Å². The van der Waals surface area contributed by atoms with Crippen molar-refractivity contribution in [2.24, 2.45) is 0 Å². The molecule has 128 valence electrons. The molecule has 1 aliphatic rings. The van der Waals surface area contributed by atoms with Crippen LogP contribution in [0.3, 0.4) is 0 Å². The second-order valence-electron chi connectivity index (χ2n) is 6.70. The molecule has 0 spiro atoms. The highest BCUT2D eigenvalue weighted by Crippen LogP contribution is 2.26. The third-order valence-corrected chi connectivity index (χ3v) is 5.23.